The van der Waals surface area contributed by atoms with Crippen LogP contribution in [0.15, 0.2) is 73.2 Å². The van der Waals surface area contributed by atoms with Crippen LogP contribution in [0.3, 0.4) is 0 Å². The number of nitrogens with zero attached hydrogens (tertiary/aromatic N) is 5. The molecule has 198 valence electrons. The van der Waals surface area contributed by atoms with Crippen LogP contribution in [0.25, 0.3) is 21.1 Å². The van der Waals surface area contributed by atoms with E-state index in [4.69, 9.17) is 0 Å². The van der Waals surface area contributed by atoms with E-state index in [0.29, 0.717) is 19.6 Å². The van der Waals surface area contributed by atoms with Crippen molar-refractivity contribution in [1.29, 1.82) is 0 Å². The molecular formula is C30H29FN6OS. The number of hydrogen-bond acceptors (Lipinski definition) is 6. The van der Waals surface area contributed by atoms with Crippen LogP contribution < -0.4 is 5.32 Å². The Balaban J connectivity index is 1.23. The number of aromatic nitrogens is 3. The number of benzene rings is 2. The first-order valence-electron chi connectivity index (χ1n) is 12.9. The van der Waals surface area contributed by atoms with Gasteiger partial charge in [-0.05, 0) is 68.0 Å². The van der Waals surface area contributed by atoms with Crippen LogP contribution in [0.4, 0.5) is 15.9 Å². The average molecular weight is 541 g/mol. The fourth-order valence-corrected chi connectivity index (χ4v) is 6.27. The summed E-state index contributed by atoms with van der Waals surface area (Å²) in [4.78, 5) is 27.9. The summed E-state index contributed by atoms with van der Waals surface area (Å²) in [6, 6.07) is 15.0. The number of amides is 1. The predicted molar refractivity (Wildman–Crippen MR) is 155 cm³/mol. The monoisotopic (exact) mass is 540 g/mol. The Hall–Kier alpha value is -4.08. The van der Waals surface area contributed by atoms with Crippen molar-refractivity contribution >= 4 is 49.9 Å². The molecule has 0 bridgehead atoms. The van der Waals surface area contributed by atoms with E-state index in [2.05, 4.69) is 38.1 Å². The summed E-state index contributed by atoms with van der Waals surface area (Å²) in [6.45, 7) is 2.60. The van der Waals surface area contributed by atoms with Gasteiger partial charge in [-0.25, -0.2) is 14.4 Å². The summed E-state index contributed by atoms with van der Waals surface area (Å²) >= 11 is 1.63. The van der Waals surface area contributed by atoms with Gasteiger partial charge in [0.05, 0.1) is 11.9 Å². The highest BCUT2D eigenvalue weighted by Crippen LogP contribution is 2.38. The van der Waals surface area contributed by atoms with Gasteiger partial charge >= 0.3 is 0 Å². The van der Waals surface area contributed by atoms with Crippen LogP contribution in [0.1, 0.15) is 16.0 Å². The molecule has 3 aromatic heterocycles. The number of hydrogen-bond donors (Lipinski definition) is 1. The largest absolute Gasteiger partial charge is 0.343 e. The van der Waals surface area contributed by atoms with Crippen molar-refractivity contribution in [2.24, 2.45) is 0 Å². The third kappa shape index (κ3) is 5.28. The maximum absolute atomic E-state index is 13.6. The van der Waals surface area contributed by atoms with Crippen LogP contribution in [0.5, 0.6) is 0 Å². The second-order valence-electron chi connectivity index (χ2n) is 10.1. The topological polar surface area (TPSA) is 66.3 Å². The maximum Gasteiger partial charge on any atom is 0.246 e. The van der Waals surface area contributed by atoms with Gasteiger partial charge in [-0.3, -0.25) is 4.79 Å². The van der Waals surface area contributed by atoms with E-state index >= 15 is 0 Å². The van der Waals surface area contributed by atoms with Crippen molar-refractivity contribution in [3.8, 4) is 0 Å². The number of halogens is 1. The fourth-order valence-electron chi connectivity index (χ4n) is 5.06. The van der Waals surface area contributed by atoms with Crippen LogP contribution in [0.2, 0.25) is 0 Å². The van der Waals surface area contributed by atoms with Crippen molar-refractivity contribution in [2.75, 3.05) is 32.5 Å². The van der Waals surface area contributed by atoms with Gasteiger partial charge in [0.25, 0.3) is 0 Å². The smallest absolute Gasteiger partial charge is 0.246 e. The van der Waals surface area contributed by atoms with E-state index in [-0.39, 0.29) is 11.7 Å². The SMILES string of the molecule is CN(C)C/C=C/C(=O)N1CCc2c(sc3ncnc(Nc4ccc5c(ccn5Cc5cccc(F)c5)c4)c23)C1. The van der Waals surface area contributed by atoms with Gasteiger partial charge < -0.3 is 19.7 Å². The lowest BCUT2D eigenvalue weighted by molar-refractivity contribution is -0.126. The molecule has 1 amide bonds. The van der Waals surface area contributed by atoms with E-state index in [0.717, 1.165) is 51.2 Å². The third-order valence-electron chi connectivity index (χ3n) is 6.96. The van der Waals surface area contributed by atoms with Gasteiger partial charge in [0.2, 0.25) is 5.91 Å². The molecule has 0 aliphatic carbocycles. The first kappa shape index (κ1) is 25.2. The van der Waals surface area contributed by atoms with Crippen LogP contribution >= 0.6 is 11.3 Å². The summed E-state index contributed by atoms with van der Waals surface area (Å²) < 4.78 is 15.8. The van der Waals surface area contributed by atoms with Crippen molar-refractivity contribution in [1.82, 2.24) is 24.3 Å². The Labute approximate surface area is 230 Å². The first-order chi connectivity index (χ1) is 18.9. The lowest BCUT2D eigenvalue weighted by atomic mass is 10.0. The van der Waals surface area contributed by atoms with E-state index < -0.39 is 0 Å². The molecule has 0 saturated carbocycles. The second kappa shape index (κ2) is 10.6. The molecule has 9 heteroatoms. The van der Waals surface area contributed by atoms with Gasteiger partial charge in [0.15, 0.2) is 0 Å². The summed E-state index contributed by atoms with van der Waals surface area (Å²) in [7, 11) is 3.96. The number of carbonyl (C=O) groups is 1. The minimum absolute atomic E-state index is 0.0435. The average Bonchev–Trinajstić information content (AvgIpc) is 3.49. The van der Waals surface area contributed by atoms with Crippen molar-refractivity contribution < 1.29 is 9.18 Å². The van der Waals surface area contributed by atoms with Crippen molar-refractivity contribution in [2.45, 2.75) is 19.5 Å². The Morgan fingerprint density at radius 3 is 2.92 bits per heavy atom. The molecule has 4 heterocycles. The maximum atomic E-state index is 13.6. The van der Waals surface area contributed by atoms with E-state index in [1.165, 1.54) is 16.5 Å². The minimum atomic E-state index is -0.224. The van der Waals surface area contributed by atoms with E-state index in [1.807, 2.05) is 48.3 Å². The Morgan fingerprint density at radius 2 is 2.08 bits per heavy atom. The summed E-state index contributed by atoms with van der Waals surface area (Å²) in [5, 5.41) is 5.64. The summed E-state index contributed by atoms with van der Waals surface area (Å²) in [5.74, 6) is 0.599. The molecule has 1 aliphatic heterocycles. The van der Waals surface area contributed by atoms with Crippen molar-refractivity contribution in [3.63, 3.8) is 0 Å². The first-order valence-corrected chi connectivity index (χ1v) is 13.7. The van der Waals surface area contributed by atoms with Gasteiger partial charge in [-0.15, -0.1) is 11.3 Å². The number of carbonyl (C=O) groups excluding carboxylic acids is 1. The zero-order valence-electron chi connectivity index (χ0n) is 21.9. The predicted octanol–water partition coefficient (Wildman–Crippen LogP) is 5.58. The number of fused-ring (bicyclic) bond motifs is 4. The Kier molecular flexibility index (Phi) is 6.85. The summed E-state index contributed by atoms with van der Waals surface area (Å²) in [5.41, 5.74) is 4.16. The Bertz CT molecular complexity index is 1700. The molecule has 39 heavy (non-hydrogen) atoms. The van der Waals surface area contributed by atoms with E-state index in [9.17, 15) is 9.18 Å². The fraction of sp³-hybridized carbons (Fsp3) is 0.233. The molecule has 1 N–H and O–H groups in total. The third-order valence-corrected chi connectivity index (χ3v) is 8.08. The molecule has 6 rings (SSSR count). The van der Waals surface area contributed by atoms with E-state index in [1.54, 1.807) is 35.9 Å². The number of likely N-dealkylation sites (N-methyl/N-ethyl adjacent to an activating group) is 1. The minimum Gasteiger partial charge on any atom is -0.343 e. The molecule has 2 aromatic carbocycles. The number of nitrogens with one attached hydrogen (secondary N) is 1. The quantitative estimate of drug-likeness (QED) is 0.273. The molecule has 0 fully saturated rings. The molecule has 0 atom stereocenters. The van der Waals surface area contributed by atoms with Gasteiger partial charge in [0, 0.05) is 53.4 Å². The molecule has 0 saturated heterocycles. The molecule has 5 aromatic rings. The molecule has 0 spiro atoms. The summed E-state index contributed by atoms with van der Waals surface area (Å²) in [6.07, 6.45) is 7.97. The number of thiophene rings is 1. The highest BCUT2D eigenvalue weighted by atomic mass is 32.1. The molecule has 0 radical (unpaired) electrons. The molecule has 7 nitrogen and oxygen atoms in total. The zero-order valence-corrected chi connectivity index (χ0v) is 22.7. The van der Waals surface area contributed by atoms with Crippen molar-refractivity contribution in [3.05, 3.63) is 95.0 Å². The van der Waals surface area contributed by atoms with Gasteiger partial charge in [0.1, 0.15) is 22.8 Å². The normalized spacial score (nSPS) is 13.6. The highest BCUT2D eigenvalue weighted by Gasteiger charge is 2.25. The molecular weight excluding hydrogens is 511 g/mol. The van der Waals surface area contributed by atoms with Gasteiger partial charge in [-0.2, -0.15) is 0 Å². The van der Waals surface area contributed by atoms with Gasteiger partial charge in [-0.1, -0.05) is 18.2 Å². The van der Waals surface area contributed by atoms with Crippen LogP contribution in [0, 0.1) is 5.82 Å². The second-order valence-corrected chi connectivity index (χ2v) is 11.1. The lowest BCUT2D eigenvalue weighted by Crippen LogP contribution is -2.34. The standard InChI is InChI=1S/C30H29FN6OS/c1-35(2)12-4-7-27(38)37-14-11-24-26(18-37)39-30-28(24)29(32-19-33-30)34-23-8-9-25-21(16-23)10-13-36(25)17-20-5-3-6-22(31)15-20/h3-10,13,15-16,19H,11-12,14,17-18H2,1-2H3,(H,32,33,34)/b7-4+. The molecule has 1 aliphatic rings. The Morgan fingerprint density at radius 1 is 1.18 bits per heavy atom. The zero-order chi connectivity index (χ0) is 26.9. The highest BCUT2D eigenvalue weighted by molar-refractivity contribution is 7.19. The number of rotatable bonds is 7. The van der Waals surface area contributed by atoms with Crippen LogP contribution in [-0.4, -0.2) is 57.4 Å². The number of anilines is 2. The lowest BCUT2D eigenvalue weighted by Gasteiger charge is -2.26. The molecule has 0 unspecified atom stereocenters. The van der Waals surface area contributed by atoms with Crippen LogP contribution in [-0.2, 0) is 24.3 Å².